The van der Waals surface area contributed by atoms with Crippen LogP contribution in [0.3, 0.4) is 0 Å². The maximum atomic E-state index is 11.9. The zero-order valence-corrected chi connectivity index (χ0v) is 8.93. The first-order chi connectivity index (χ1) is 7.31. The van der Waals surface area contributed by atoms with Crippen LogP contribution < -0.4 is 0 Å². The smallest absolute Gasteiger partial charge is 0.341 e. The molecule has 0 unspecified atom stereocenters. The van der Waals surface area contributed by atoms with Gasteiger partial charge in [0.25, 0.3) is 5.91 Å². The van der Waals surface area contributed by atoms with Crippen molar-refractivity contribution in [2.24, 2.45) is 0 Å². The summed E-state index contributed by atoms with van der Waals surface area (Å²) in [5, 5.41) is 6.20. The summed E-state index contributed by atoms with van der Waals surface area (Å²) in [5.41, 5.74) is 0.841. The van der Waals surface area contributed by atoms with Crippen molar-refractivity contribution >= 4 is 5.91 Å². The molecule has 0 bridgehead atoms. The Hall–Kier alpha value is -1.53. The summed E-state index contributed by atoms with van der Waals surface area (Å²) in [4.78, 5) is 12.7. The maximum Gasteiger partial charge on any atom is 0.390 e. The van der Waals surface area contributed by atoms with Gasteiger partial charge in [-0.3, -0.25) is 9.89 Å². The molecule has 7 heteroatoms. The molecule has 1 amide bonds. The zero-order valence-electron chi connectivity index (χ0n) is 8.93. The summed E-state index contributed by atoms with van der Waals surface area (Å²) < 4.78 is 35.8. The average Bonchev–Trinajstić information content (AvgIpc) is 2.58. The molecular formula is C9H12F3N3O. The van der Waals surface area contributed by atoms with Crippen molar-refractivity contribution < 1.29 is 18.0 Å². The van der Waals surface area contributed by atoms with Gasteiger partial charge in [0.05, 0.1) is 18.2 Å². The minimum Gasteiger partial charge on any atom is -0.341 e. The molecule has 0 aliphatic rings. The van der Waals surface area contributed by atoms with E-state index in [4.69, 9.17) is 0 Å². The van der Waals surface area contributed by atoms with Crippen molar-refractivity contribution in [3.05, 3.63) is 17.5 Å². The van der Waals surface area contributed by atoms with Gasteiger partial charge in [-0.05, 0) is 6.92 Å². The van der Waals surface area contributed by atoms with E-state index in [9.17, 15) is 18.0 Å². The fourth-order valence-corrected chi connectivity index (χ4v) is 1.17. The minimum absolute atomic E-state index is 0.296. The van der Waals surface area contributed by atoms with Gasteiger partial charge in [0, 0.05) is 19.3 Å². The van der Waals surface area contributed by atoms with Crippen LogP contribution in [0.4, 0.5) is 13.2 Å². The van der Waals surface area contributed by atoms with E-state index in [2.05, 4.69) is 10.2 Å². The largest absolute Gasteiger partial charge is 0.390 e. The molecule has 0 fully saturated rings. The van der Waals surface area contributed by atoms with E-state index >= 15 is 0 Å². The van der Waals surface area contributed by atoms with Gasteiger partial charge in [-0.2, -0.15) is 18.3 Å². The molecule has 0 aliphatic carbocycles. The maximum absolute atomic E-state index is 11.9. The predicted molar refractivity (Wildman–Crippen MR) is 51.0 cm³/mol. The van der Waals surface area contributed by atoms with Crippen LogP contribution in [0.5, 0.6) is 0 Å². The predicted octanol–water partition coefficient (Wildman–Crippen LogP) is 1.74. The normalized spacial score (nSPS) is 11.6. The van der Waals surface area contributed by atoms with Crippen LogP contribution in [0, 0.1) is 6.92 Å². The molecule has 0 saturated heterocycles. The first kappa shape index (κ1) is 12.5. The summed E-state index contributed by atoms with van der Waals surface area (Å²) in [5.74, 6) is -0.462. The first-order valence-corrected chi connectivity index (χ1v) is 4.63. The van der Waals surface area contributed by atoms with Crippen LogP contribution >= 0.6 is 0 Å². The number of carbonyl (C=O) groups excluding carboxylic acids is 1. The van der Waals surface area contributed by atoms with Crippen LogP contribution in [0.1, 0.15) is 22.5 Å². The van der Waals surface area contributed by atoms with Gasteiger partial charge in [0.2, 0.25) is 0 Å². The third kappa shape index (κ3) is 3.25. The van der Waals surface area contributed by atoms with Crippen molar-refractivity contribution in [1.82, 2.24) is 15.1 Å². The molecule has 4 nitrogen and oxygen atoms in total. The third-order valence-corrected chi connectivity index (χ3v) is 2.14. The van der Waals surface area contributed by atoms with E-state index in [1.165, 1.54) is 13.2 Å². The number of alkyl halides is 3. The van der Waals surface area contributed by atoms with Crippen molar-refractivity contribution in [2.45, 2.75) is 19.5 Å². The van der Waals surface area contributed by atoms with Gasteiger partial charge < -0.3 is 4.90 Å². The summed E-state index contributed by atoms with van der Waals surface area (Å²) in [6, 6.07) is 0. The Morgan fingerprint density at radius 1 is 1.56 bits per heavy atom. The molecule has 1 rings (SSSR count). The lowest BCUT2D eigenvalue weighted by Gasteiger charge is -2.17. The number of halogens is 3. The lowest BCUT2D eigenvalue weighted by atomic mass is 10.2. The summed E-state index contributed by atoms with van der Waals surface area (Å²) in [6.07, 6.45) is -3.95. The monoisotopic (exact) mass is 235 g/mol. The fourth-order valence-electron chi connectivity index (χ4n) is 1.17. The third-order valence-electron chi connectivity index (χ3n) is 2.14. The van der Waals surface area contributed by atoms with Crippen LogP contribution in [0.25, 0.3) is 0 Å². The number of nitrogens with zero attached hydrogens (tertiary/aromatic N) is 2. The number of carbonyl (C=O) groups is 1. The number of nitrogens with one attached hydrogen (secondary N) is 1. The van der Waals surface area contributed by atoms with E-state index in [0.717, 1.165) is 4.90 Å². The zero-order chi connectivity index (χ0) is 12.3. The second-order valence-electron chi connectivity index (χ2n) is 3.50. The quantitative estimate of drug-likeness (QED) is 0.867. The number of aryl methyl sites for hydroxylation is 1. The van der Waals surface area contributed by atoms with Crippen molar-refractivity contribution in [3.63, 3.8) is 0 Å². The SMILES string of the molecule is Cc1[nH]ncc1C(=O)N(C)CCC(F)(F)F. The number of hydrogen-bond acceptors (Lipinski definition) is 2. The first-order valence-electron chi connectivity index (χ1n) is 4.63. The molecule has 16 heavy (non-hydrogen) atoms. The van der Waals surface area contributed by atoms with Crippen LogP contribution in [0.15, 0.2) is 6.20 Å². The van der Waals surface area contributed by atoms with Gasteiger partial charge >= 0.3 is 6.18 Å². The molecule has 0 radical (unpaired) electrons. The molecule has 90 valence electrons. The highest BCUT2D eigenvalue weighted by Gasteiger charge is 2.28. The van der Waals surface area contributed by atoms with Crippen LogP contribution in [0.2, 0.25) is 0 Å². The van der Waals surface area contributed by atoms with Gasteiger partial charge in [-0.25, -0.2) is 0 Å². The highest BCUT2D eigenvalue weighted by molar-refractivity contribution is 5.94. The van der Waals surface area contributed by atoms with Gasteiger partial charge in [-0.15, -0.1) is 0 Å². The second-order valence-corrected chi connectivity index (χ2v) is 3.50. The number of rotatable bonds is 3. The Morgan fingerprint density at radius 2 is 2.19 bits per heavy atom. The molecule has 1 heterocycles. The lowest BCUT2D eigenvalue weighted by molar-refractivity contribution is -0.136. The van der Waals surface area contributed by atoms with Gasteiger partial charge in [0.15, 0.2) is 0 Å². The molecule has 0 aromatic carbocycles. The lowest BCUT2D eigenvalue weighted by Crippen LogP contribution is -2.30. The number of aromatic nitrogens is 2. The topological polar surface area (TPSA) is 49.0 Å². The Labute approximate surface area is 90.4 Å². The molecule has 1 N–H and O–H groups in total. The molecule has 0 atom stereocenters. The second kappa shape index (κ2) is 4.54. The van der Waals surface area contributed by atoms with E-state index in [1.54, 1.807) is 6.92 Å². The van der Waals surface area contributed by atoms with Crippen LogP contribution in [-0.4, -0.2) is 40.8 Å². The van der Waals surface area contributed by atoms with Crippen molar-refractivity contribution in [3.8, 4) is 0 Å². The van der Waals surface area contributed by atoms with Gasteiger partial charge in [-0.1, -0.05) is 0 Å². The Bertz CT molecular complexity index is 372. The van der Waals surface area contributed by atoms with Crippen LogP contribution in [-0.2, 0) is 0 Å². The number of hydrogen-bond donors (Lipinski definition) is 1. The van der Waals surface area contributed by atoms with E-state index in [0.29, 0.717) is 11.3 Å². The summed E-state index contributed by atoms with van der Waals surface area (Å²) in [7, 11) is 1.33. The number of amides is 1. The van der Waals surface area contributed by atoms with E-state index < -0.39 is 18.5 Å². The molecular weight excluding hydrogens is 223 g/mol. The average molecular weight is 235 g/mol. The Balaban J connectivity index is 2.59. The van der Waals surface area contributed by atoms with Crippen molar-refractivity contribution in [2.75, 3.05) is 13.6 Å². The fraction of sp³-hybridized carbons (Fsp3) is 0.556. The van der Waals surface area contributed by atoms with E-state index in [-0.39, 0.29) is 6.54 Å². The molecule has 0 spiro atoms. The minimum atomic E-state index is -4.25. The molecule has 1 aromatic heterocycles. The molecule has 1 aromatic rings. The summed E-state index contributed by atoms with van der Waals surface area (Å²) in [6.45, 7) is 1.28. The Morgan fingerprint density at radius 3 is 2.62 bits per heavy atom. The Kier molecular flexibility index (Phi) is 3.56. The van der Waals surface area contributed by atoms with Crippen molar-refractivity contribution in [1.29, 1.82) is 0 Å². The van der Waals surface area contributed by atoms with Gasteiger partial charge in [0.1, 0.15) is 0 Å². The molecule has 0 saturated carbocycles. The number of H-pyrrole nitrogens is 1. The number of aromatic amines is 1. The highest BCUT2D eigenvalue weighted by Crippen LogP contribution is 2.20. The highest BCUT2D eigenvalue weighted by atomic mass is 19.4. The standard InChI is InChI=1S/C9H12F3N3O/c1-6-7(5-13-14-6)8(16)15(2)4-3-9(10,11)12/h5H,3-4H2,1-2H3,(H,13,14). The van der Waals surface area contributed by atoms with E-state index in [1.807, 2.05) is 0 Å². The summed E-state index contributed by atoms with van der Waals surface area (Å²) >= 11 is 0. The molecule has 0 aliphatic heterocycles.